The molecule has 0 aliphatic heterocycles. The van der Waals surface area contributed by atoms with E-state index in [0.29, 0.717) is 11.3 Å². The SMILES string of the molecule is CC1=CC(=O)C(C)(Br)C(Br)C1=NOC(=O)c1ccc([N+](=O)[O-])cc1. The molecular formula is C15H12Br2N2O5. The van der Waals surface area contributed by atoms with Gasteiger partial charge >= 0.3 is 5.97 Å². The van der Waals surface area contributed by atoms with Gasteiger partial charge in [-0.1, -0.05) is 37.0 Å². The molecule has 0 spiro atoms. The maximum Gasteiger partial charge on any atom is 0.365 e. The molecule has 1 aliphatic carbocycles. The van der Waals surface area contributed by atoms with E-state index >= 15 is 0 Å². The molecular weight excluding hydrogens is 448 g/mol. The molecule has 126 valence electrons. The Morgan fingerprint density at radius 1 is 1.38 bits per heavy atom. The van der Waals surface area contributed by atoms with Gasteiger partial charge in [0.2, 0.25) is 0 Å². The van der Waals surface area contributed by atoms with Gasteiger partial charge < -0.3 is 4.84 Å². The molecule has 2 atom stereocenters. The number of alkyl halides is 2. The molecule has 0 N–H and O–H groups in total. The predicted molar refractivity (Wildman–Crippen MR) is 94.8 cm³/mol. The highest BCUT2D eigenvalue weighted by atomic mass is 79.9. The molecule has 0 amide bonds. The van der Waals surface area contributed by atoms with Crippen molar-refractivity contribution in [3.63, 3.8) is 0 Å². The highest BCUT2D eigenvalue weighted by Crippen LogP contribution is 2.36. The van der Waals surface area contributed by atoms with Crippen molar-refractivity contribution in [3.8, 4) is 0 Å². The number of benzene rings is 1. The first-order chi connectivity index (χ1) is 11.1. The summed E-state index contributed by atoms with van der Waals surface area (Å²) in [6.45, 7) is 3.37. The van der Waals surface area contributed by atoms with Gasteiger partial charge in [0.05, 0.1) is 21.0 Å². The van der Waals surface area contributed by atoms with E-state index in [1.165, 1.54) is 30.3 Å². The van der Waals surface area contributed by atoms with Crippen LogP contribution in [0.25, 0.3) is 0 Å². The van der Waals surface area contributed by atoms with Crippen LogP contribution >= 0.6 is 31.9 Å². The van der Waals surface area contributed by atoms with Gasteiger partial charge in [-0.15, -0.1) is 0 Å². The first-order valence-electron chi connectivity index (χ1n) is 6.74. The monoisotopic (exact) mass is 458 g/mol. The van der Waals surface area contributed by atoms with Crippen molar-refractivity contribution < 1.29 is 19.3 Å². The van der Waals surface area contributed by atoms with Crippen molar-refractivity contribution in [1.29, 1.82) is 0 Å². The van der Waals surface area contributed by atoms with E-state index in [1.54, 1.807) is 13.8 Å². The van der Waals surface area contributed by atoms with E-state index in [1.807, 2.05) is 0 Å². The Morgan fingerprint density at radius 2 is 1.96 bits per heavy atom. The number of allylic oxidation sites excluding steroid dienone is 2. The van der Waals surface area contributed by atoms with Gasteiger partial charge in [0, 0.05) is 12.1 Å². The van der Waals surface area contributed by atoms with E-state index < -0.39 is 20.0 Å². The number of nitro groups is 1. The van der Waals surface area contributed by atoms with Crippen LogP contribution in [0.5, 0.6) is 0 Å². The average molecular weight is 460 g/mol. The maximum absolute atomic E-state index is 12.0. The third-order valence-corrected chi connectivity index (χ3v) is 6.30. The lowest BCUT2D eigenvalue weighted by Crippen LogP contribution is -2.45. The van der Waals surface area contributed by atoms with Crippen LogP contribution in [0, 0.1) is 10.1 Å². The fraction of sp³-hybridized carbons (Fsp3) is 0.267. The molecule has 0 radical (unpaired) electrons. The minimum atomic E-state index is -0.898. The van der Waals surface area contributed by atoms with Crippen LogP contribution in [-0.2, 0) is 9.63 Å². The molecule has 0 aromatic heterocycles. The molecule has 0 saturated heterocycles. The fourth-order valence-electron chi connectivity index (χ4n) is 1.97. The summed E-state index contributed by atoms with van der Waals surface area (Å²) >= 11 is 6.72. The Hall–Kier alpha value is -1.87. The zero-order chi connectivity index (χ0) is 18.1. The molecule has 9 heteroatoms. The first-order valence-corrected chi connectivity index (χ1v) is 8.45. The Kier molecular flexibility index (Phi) is 5.34. The number of nitro benzene ring substituents is 1. The third kappa shape index (κ3) is 3.62. The number of oxime groups is 1. The molecule has 0 saturated carbocycles. The molecule has 2 rings (SSSR count). The highest BCUT2D eigenvalue weighted by Gasteiger charge is 2.43. The first kappa shape index (κ1) is 18.5. The molecule has 1 aromatic rings. The smallest absolute Gasteiger partial charge is 0.312 e. The van der Waals surface area contributed by atoms with Gasteiger partial charge in [0.25, 0.3) is 5.69 Å². The van der Waals surface area contributed by atoms with E-state index in [4.69, 9.17) is 4.84 Å². The van der Waals surface area contributed by atoms with Gasteiger partial charge in [0.15, 0.2) is 5.78 Å². The van der Waals surface area contributed by atoms with Gasteiger partial charge in [-0.2, -0.15) is 0 Å². The number of carbonyl (C=O) groups excluding carboxylic acids is 2. The predicted octanol–water partition coefficient (Wildman–Crippen LogP) is 3.55. The lowest BCUT2D eigenvalue weighted by atomic mass is 9.88. The van der Waals surface area contributed by atoms with Crippen molar-refractivity contribution >= 4 is 55.0 Å². The van der Waals surface area contributed by atoms with E-state index in [-0.39, 0.29) is 17.0 Å². The van der Waals surface area contributed by atoms with Crippen molar-refractivity contribution in [1.82, 2.24) is 0 Å². The van der Waals surface area contributed by atoms with Crippen molar-refractivity contribution in [2.24, 2.45) is 5.16 Å². The van der Waals surface area contributed by atoms with E-state index in [0.717, 1.165) is 0 Å². The summed E-state index contributed by atoms with van der Waals surface area (Å²) in [5.74, 6) is -0.874. The number of rotatable bonds is 3. The quantitative estimate of drug-likeness (QED) is 0.298. The summed E-state index contributed by atoms with van der Waals surface area (Å²) < 4.78 is -0.898. The summed E-state index contributed by atoms with van der Waals surface area (Å²) in [7, 11) is 0. The molecule has 0 fully saturated rings. The van der Waals surface area contributed by atoms with Gasteiger partial charge in [-0.05, 0) is 37.6 Å². The summed E-state index contributed by atoms with van der Waals surface area (Å²) in [5.41, 5.74) is 0.990. The minimum Gasteiger partial charge on any atom is -0.312 e. The largest absolute Gasteiger partial charge is 0.365 e. The van der Waals surface area contributed by atoms with Crippen LogP contribution in [-0.4, -0.2) is 31.5 Å². The molecule has 0 heterocycles. The maximum atomic E-state index is 12.0. The lowest BCUT2D eigenvalue weighted by molar-refractivity contribution is -0.384. The Labute approximate surface area is 154 Å². The second-order valence-electron chi connectivity index (χ2n) is 5.29. The second-order valence-corrected chi connectivity index (χ2v) is 7.85. The summed E-state index contributed by atoms with van der Waals surface area (Å²) in [5, 5.41) is 14.4. The van der Waals surface area contributed by atoms with Gasteiger partial charge in [0.1, 0.15) is 4.32 Å². The zero-order valence-electron chi connectivity index (χ0n) is 12.7. The number of ketones is 1. The molecule has 0 bridgehead atoms. The van der Waals surface area contributed by atoms with Crippen LogP contribution in [0.1, 0.15) is 24.2 Å². The molecule has 24 heavy (non-hydrogen) atoms. The van der Waals surface area contributed by atoms with E-state index in [9.17, 15) is 19.7 Å². The number of carbonyl (C=O) groups is 2. The number of hydrogen-bond donors (Lipinski definition) is 0. The molecule has 2 unspecified atom stereocenters. The van der Waals surface area contributed by atoms with Crippen molar-refractivity contribution in [2.75, 3.05) is 0 Å². The number of non-ortho nitro benzene ring substituents is 1. The molecule has 1 aromatic carbocycles. The summed E-state index contributed by atoms with van der Waals surface area (Å²) in [6, 6.07) is 4.98. The van der Waals surface area contributed by atoms with Gasteiger partial charge in [-0.25, -0.2) is 4.79 Å². The van der Waals surface area contributed by atoms with Crippen LogP contribution < -0.4 is 0 Å². The standard InChI is InChI=1S/C15H12Br2N2O5/c1-8-7-11(20)15(2,17)13(16)12(8)18-24-14(21)9-3-5-10(6-4-9)19(22)23/h3-7,13H,1-2H3. The fourth-order valence-corrected chi connectivity index (χ4v) is 2.98. The van der Waals surface area contributed by atoms with Crippen LogP contribution in [0.15, 0.2) is 41.1 Å². The second kappa shape index (κ2) is 6.94. The Morgan fingerprint density at radius 3 is 2.50 bits per heavy atom. The Balaban J connectivity index is 2.20. The van der Waals surface area contributed by atoms with Crippen molar-refractivity contribution in [3.05, 3.63) is 51.6 Å². The number of halogens is 2. The normalized spacial score (nSPS) is 25.3. The Bertz CT molecular complexity index is 769. The summed E-state index contributed by atoms with van der Waals surface area (Å²) in [6.07, 6.45) is 1.42. The topological polar surface area (TPSA) is 98.9 Å². The highest BCUT2D eigenvalue weighted by molar-refractivity contribution is 9.13. The third-order valence-electron chi connectivity index (χ3n) is 3.49. The van der Waals surface area contributed by atoms with Gasteiger partial charge in [-0.3, -0.25) is 14.9 Å². The van der Waals surface area contributed by atoms with Crippen LogP contribution in [0.3, 0.4) is 0 Å². The van der Waals surface area contributed by atoms with E-state index in [2.05, 4.69) is 37.0 Å². The molecule has 1 aliphatic rings. The van der Waals surface area contributed by atoms with Crippen molar-refractivity contribution in [2.45, 2.75) is 23.0 Å². The molecule has 7 nitrogen and oxygen atoms in total. The number of nitrogens with zero attached hydrogens (tertiary/aromatic N) is 2. The van der Waals surface area contributed by atoms with Crippen LogP contribution in [0.2, 0.25) is 0 Å². The lowest BCUT2D eigenvalue weighted by Gasteiger charge is -2.30. The minimum absolute atomic E-state index is 0.123. The average Bonchev–Trinajstić information content (AvgIpc) is 2.53. The summed E-state index contributed by atoms with van der Waals surface area (Å²) in [4.78, 5) is 38.4. The van der Waals surface area contributed by atoms with Crippen LogP contribution in [0.4, 0.5) is 5.69 Å². The zero-order valence-corrected chi connectivity index (χ0v) is 15.8. The number of hydrogen-bond acceptors (Lipinski definition) is 6.